The van der Waals surface area contributed by atoms with Crippen LogP contribution < -0.4 is 14.5 Å². The summed E-state index contributed by atoms with van der Waals surface area (Å²) in [5.41, 5.74) is 3.07. The average Bonchev–Trinajstić information content (AvgIpc) is 3.26. The highest BCUT2D eigenvalue weighted by atomic mass is 32.2. The summed E-state index contributed by atoms with van der Waals surface area (Å²) < 4.78 is 31.6. The Bertz CT molecular complexity index is 1360. The zero-order valence-corrected chi connectivity index (χ0v) is 19.8. The zero-order valence-electron chi connectivity index (χ0n) is 19.0. The fourth-order valence-corrected chi connectivity index (χ4v) is 5.23. The van der Waals surface area contributed by atoms with Crippen LogP contribution >= 0.6 is 0 Å². The van der Waals surface area contributed by atoms with Crippen LogP contribution in [-0.2, 0) is 16.3 Å². The first-order valence-corrected chi connectivity index (χ1v) is 12.9. The van der Waals surface area contributed by atoms with Gasteiger partial charge in [-0.25, -0.2) is 13.1 Å². The lowest BCUT2D eigenvalue weighted by Gasteiger charge is -2.28. The predicted octanol–water partition coefficient (Wildman–Crippen LogP) is 2.73. The van der Waals surface area contributed by atoms with Crippen molar-refractivity contribution in [2.75, 3.05) is 42.8 Å². The third-order valence-electron chi connectivity index (χ3n) is 6.05. The van der Waals surface area contributed by atoms with Crippen LogP contribution in [0.5, 0.6) is 5.75 Å². The van der Waals surface area contributed by atoms with Crippen molar-refractivity contribution in [3.05, 3.63) is 59.8 Å². The third kappa shape index (κ3) is 3.94. The second kappa shape index (κ2) is 8.60. The number of amides is 1. The Morgan fingerprint density at radius 3 is 2.24 bits per heavy atom. The molecule has 0 atom stereocenters. The number of nitrogens with zero attached hydrogens (tertiary/aromatic N) is 5. The van der Waals surface area contributed by atoms with Crippen LogP contribution in [0.2, 0.25) is 0 Å². The van der Waals surface area contributed by atoms with Crippen LogP contribution in [0, 0.1) is 0 Å². The average molecular weight is 480 g/mol. The number of sulfone groups is 1. The Hall–Kier alpha value is -3.66. The number of carbonyl (C=O) groups excluding carboxylic acids is 1. The molecule has 2 aliphatic rings. The molecule has 0 bridgehead atoms. The number of hydrogen-bond acceptors (Lipinski definition) is 7. The van der Waals surface area contributed by atoms with Crippen LogP contribution in [0.25, 0.3) is 5.69 Å². The molecule has 5 rings (SSSR count). The molecule has 10 heteroatoms. The van der Waals surface area contributed by atoms with Crippen molar-refractivity contribution in [2.45, 2.75) is 17.9 Å². The van der Waals surface area contributed by atoms with Crippen molar-refractivity contribution >= 4 is 33.5 Å². The Labute approximate surface area is 198 Å². The number of fused-ring (bicyclic) bond motifs is 1. The van der Waals surface area contributed by atoms with Gasteiger partial charge in [-0.05, 0) is 61.4 Å². The molecule has 0 fully saturated rings. The van der Waals surface area contributed by atoms with Crippen molar-refractivity contribution in [1.82, 2.24) is 9.78 Å². The summed E-state index contributed by atoms with van der Waals surface area (Å²) in [5.74, 6) is 0.367. The van der Waals surface area contributed by atoms with E-state index in [4.69, 9.17) is 4.74 Å². The molecule has 1 amide bonds. The topological polar surface area (TPSA) is 97.1 Å². The molecule has 0 spiro atoms. The number of anilines is 2. The van der Waals surface area contributed by atoms with Crippen molar-refractivity contribution < 1.29 is 17.9 Å². The van der Waals surface area contributed by atoms with E-state index in [0.717, 1.165) is 37.1 Å². The van der Waals surface area contributed by atoms with Crippen LogP contribution in [-0.4, -0.2) is 63.4 Å². The van der Waals surface area contributed by atoms with Gasteiger partial charge in [0, 0.05) is 42.8 Å². The number of carbonyl (C=O) groups is 1. The molecular formula is C24H25N5O4S. The van der Waals surface area contributed by atoms with E-state index in [-0.39, 0.29) is 16.6 Å². The number of rotatable bonds is 5. The van der Waals surface area contributed by atoms with E-state index in [1.54, 1.807) is 36.3 Å². The van der Waals surface area contributed by atoms with Gasteiger partial charge in [0.1, 0.15) is 11.4 Å². The summed E-state index contributed by atoms with van der Waals surface area (Å²) in [6.45, 7) is 2.12. The molecule has 1 aromatic heterocycles. The van der Waals surface area contributed by atoms with Gasteiger partial charge in [0.05, 0.1) is 19.1 Å². The van der Waals surface area contributed by atoms with Crippen molar-refractivity contribution in [3.8, 4) is 11.4 Å². The van der Waals surface area contributed by atoms with E-state index in [9.17, 15) is 13.2 Å². The number of benzene rings is 2. The molecule has 0 saturated heterocycles. The van der Waals surface area contributed by atoms with E-state index < -0.39 is 9.84 Å². The summed E-state index contributed by atoms with van der Waals surface area (Å²) in [7, 11) is -2.05. The van der Waals surface area contributed by atoms with E-state index in [1.165, 1.54) is 4.68 Å². The molecule has 0 radical (unpaired) electrons. The fourth-order valence-electron chi connectivity index (χ4n) is 4.35. The minimum Gasteiger partial charge on any atom is -0.497 e. The lowest BCUT2D eigenvalue weighted by atomic mass is 10.1. The Morgan fingerprint density at radius 1 is 0.941 bits per heavy atom. The normalized spacial score (nSPS) is 16.0. The highest BCUT2D eigenvalue weighted by Crippen LogP contribution is 2.32. The first kappa shape index (κ1) is 22.1. The number of methoxy groups -OCH3 is 1. The van der Waals surface area contributed by atoms with Gasteiger partial charge in [-0.15, -0.1) is 0 Å². The quantitative estimate of drug-likeness (QED) is 0.558. The molecular weight excluding hydrogens is 454 g/mol. The number of aromatic nitrogens is 2. The maximum Gasteiger partial charge on any atom is 0.277 e. The molecule has 2 aromatic carbocycles. The van der Waals surface area contributed by atoms with Crippen LogP contribution in [0.3, 0.4) is 0 Å². The zero-order chi connectivity index (χ0) is 23.9. The molecule has 176 valence electrons. The molecule has 0 unspecified atom stereocenters. The molecule has 0 aliphatic carbocycles. The van der Waals surface area contributed by atoms with Crippen molar-refractivity contribution in [3.63, 3.8) is 0 Å². The van der Waals surface area contributed by atoms with Gasteiger partial charge in [-0.2, -0.15) is 5.10 Å². The number of hydrogen-bond donors (Lipinski definition) is 0. The standard InChI is InChI=1S/C24H25N5O4S/c1-33-20-10-8-19(9-11-20)29-22-21(23(26-29)34(2,31)32)12-15-28(24(22)30)18-6-4-17(5-7-18)27-14-3-13-25-16-27/h4-11,16H,3,12-15H2,1-2H3. The maximum absolute atomic E-state index is 13.7. The molecule has 3 heterocycles. The number of ether oxygens (including phenoxy) is 1. The molecule has 9 nitrogen and oxygen atoms in total. The highest BCUT2D eigenvalue weighted by Gasteiger charge is 2.35. The first-order valence-electron chi connectivity index (χ1n) is 11.0. The van der Waals surface area contributed by atoms with Crippen molar-refractivity contribution in [2.24, 2.45) is 4.99 Å². The Balaban J connectivity index is 1.53. The summed E-state index contributed by atoms with van der Waals surface area (Å²) >= 11 is 0. The molecule has 3 aromatic rings. The SMILES string of the molecule is COc1ccc(-n2nc(S(C)(=O)=O)c3c2C(=O)N(c2ccc(N4C=NCCC4)cc2)CC3)cc1. The first-order chi connectivity index (χ1) is 16.4. The van der Waals surface area contributed by atoms with Crippen LogP contribution in [0.1, 0.15) is 22.5 Å². The second-order valence-corrected chi connectivity index (χ2v) is 10.2. The summed E-state index contributed by atoms with van der Waals surface area (Å²) in [6.07, 6.45) is 4.36. The monoisotopic (exact) mass is 479 g/mol. The smallest absolute Gasteiger partial charge is 0.277 e. The Morgan fingerprint density at radius 2 is 1.62 bits per heavy atom. The van der Waals surface area contributed by atoms with E-state index in [0.29, 0.717) is 30.0 Å². The summed E-state index contributed by atoms with van der Waals surface area (Å²) in [6, 6.07) is 14.8. The summed E-state index contributed by atoms with van der Waals surface area (Å²) in [5, 5.41) is 4.31. The second-order valence-electron chi connectivity index (χ2n) is 8.31. The van der Waals surface area contributed by atoms with Crippen molar-refractivity contribution in [1.29, 1.82) is 0 Å². The predicted molar refractivity (Wildman–Crippen MR) is 130 cm³/mol. The van der Waals surface area contributed by atoms with Gasteiger partial charge in [-0.3, -0.25) is 9.79 Å². The van der Waals surface area contributed by atoms with E-state index in [2.05, 4.69) is 15.0 Å². The minimum atomic E-state index is -3.61. The highest BCUT2D eigenvalue weighted by molar-refractivity contribution is 7.90. The van der Waals surface area contributed by atoms with Crippen LogP contribution in [0.4, 0.5) is 11.4 Å². The van der Waals surface area contributed by atoms with Gasteiger partial charge >= 0.3 is 0 Å². The molecule has 2 aliphatic heterocycles. The fraction of sp³-hybridized carbons (Fsp3) is 0.292. The maximum atomic E-state index is 13.7. The summed E-state index contributed by atoms with van der Waals surface area (Å²) in [4.78, 5) is 21.8. The van der Waals surface area contributed by atoms with E-state index >= 15 is 0 Å². The van der Waals surface area contributed by atoms with Gasteiger partial charge in [0.2, 0.25) is 0 Å². The third-order valence-corrected chi connectivity index (χ3v) is 7.08. The molecule has 34 heavy (non-hydrogen) atoms. The van der Waals surface area contributed by atoms with Gasteiger partial charge in [0.25, 0.3) is 5.91 Å². The molecule has 0 N–H and O–H groups in total. The van der Waals surface area contributed by atoms with Crippen LogP contribution in [0.15, 0.2) is 58.5 Å². The van der Waals surface area contributed by atoms with E-state index in [1.807, 2.05) is 30.6 Å². The number of aliphatic imine (C=N–C) groups is 1. The van der Waals surface area contributed by atoms with Gasteiger partial charge in [0.15, 0.2) is 14.9 Å². The minimum absolute atomic E-state index is 0.0500. The van der Waals surface area contributed by atoms with Gasteiger partial charge in [-0.1, -0.05) is 0 Å². The Kier molecular flexibility index (Phi) is 5.60. The lowest BCUT2D eigenvalue weighted by molar-refractivity contribution is 0.0973. The van der Waals surface area contributed by atoms with Gasteiger partial charge < -0.3 is 14.5 Å². The lowest BCUT2D eigenvalue weighted by Crippen LogP contribution is -2.39. The largest absolute Gasteiger partial charge is 0.497 e. The molecule has 0 saturated carbocycles.